The first-order valence-corrected chi connectivity index (χ1v) is 4.87. The molecular formula is C10H12F3N3. The Morgan fingerprint density at radius 3 is 2.44 bits per heavy atom. The summed E-state index contributed by atoms with van der Waals surface area (Å²) in [7, 11) is 0. The van der Waals surface area contributed by atoms with E-state index in [-0.39, 0.29) is 11.0 Å². The molecule has 3 nitrogen and oxygen atoms in total. The van der Waals surface area contributed by atoms with Gasteiger partial charge in [-0.25, -0.2) is 4.98 Å². The van der Waals surface area contributed by atoms with E-state index in [2.05, 4.69) is 10.1 Å². The molecule has 6 heteroatoms. The molecular weight excluding hydrogens is 219 g/mol. The van der Waals surface area contributed by atoms with Crippen LogP contribution in [0.25, 0.3) is 11.0 Å². The largest absolute Gasteiger partial charge is 0.433 e. The molecule has 2 aromatic heterocycles. The molecule has 0 aliphatic carbocycles. The summed E-state index contributed by atoms with van der Waals surface area (Å²) in [5.74, 6) is 0. The Kier molecular flexibility index (Phi) is 3.51. The van der Waals surface area contributed by atoms with Gasteiger partial charge in [-0.2, -0.15) is 18.3 Å². The molecule has 0 spiro atoms. The summed E-state index contributed by atoms with van der Waals surface area (Å²) >= 11 is 0. The highest BCUT2D eigenvalue weighted by molar-refractivity contribution is 5.81. The Morgan fingerprint density at radius 1 is 1.25 bits per heavy atom. The minimum absolute atomic E-state index is 0.0417. The van der Waals surface area contributed by atoms with Crippen molar-refractivity contribution in [3.05, 3.63) is 23.5 Å². The smallest absolute Gasteiger partial charge is 0.271 e. The fraction of sp³-hybridized carbons (Fsp3) is 0.400. The van der Waals surface area contributed by atoms with Gasteiger partial charge in [0.1, 0.15) is 5.69 Å². The second-order valence-electron chi connectivity index (χ2n) is 2.92. The van der Waals surface area contributed by atoms with Crippen molar-refractivity contribution in [2.75, 3.05) is 0 Å². The van der Waals surface area contributed by atoms with Gasteiger partial charge in [0.05, 0.1) is 5.39 Å². The third-order valence-electron chi connectivity index (χ3n) is 1.95. The Morgan fingerprint density at radius 2 is 1.88 bits per heavy atom. The maximum absolute atomic E-state index is 12.4. The second-order valence-corrected chi connectivity index (χ2v) is 2.92. The van der Waals surface area contributed by atoms with Gasteiger partial charge in [-0.1, -0.05) is 13.8 Å². The van der Waals surface area contributed by atoms with Gasteiger partial charge in [0, 0.05) is 6.20 Å². The number of fused-ring (bicyclic) bond motifs is 1. The van der Waals surface area contributed by atoms with Crippen molar-refractivity contribution >= 4 is 11.0 Å². The van der Waals surface area contributed by atoms with Gasteiger partial charge in [-0.3, -0.25) is 5.10 Å². The number of halogens is 3. The van der Waals surface area contributed by atoms with E-state index < -0.39 is 11.9 Å². The molecule has 0 saturated heterocycles. The molecule has 0 saturated carbocycles. The van der Waals surface area contributed by atoms with Gasteiger partial charge < -0.3 is 0 Å². The lowest BCUT2D eigenvalue weighted by molar-refractivity contribution is -0.139. The standard InChI is InChI=1S/C8H6F3N3.C2H6/c1-4-2-3-12-7-5(4)6(13-14-7)8(9,10)11;1-2/h2-3H,1H3,(H,12,13,14);1-2H3. The van der Waals surface area contributed by atoms with E-state index in [0.717, 1.165) is 0 Å². The molecule has 0 amide bonds. The molecule has 0 aliphatic rings. The van der Waals surface area contributed by atoms with Crippen LogP contribution in [0, 0.1) is 6.92 Å². The van der Waals surface area contributed by atoms with Crippen molar-refractivity contribution < 1.29 is 13.2 Å². The minimum Gasteiger partial charge on any atom is -0.271 e. The fourth-order valence-electron chi connectivity index (χ4n) is 1.31. The fourth-order valence-corrected chi connectivity index (χ4v) is 1.31. The summed E-state index contributed by atoms with van der Waals surface area (Å²) in [6.45, 7) is 5.59. The number of aryl methyl sites for hydroxylation is 1. The molecule has 1 N–H and O–H groups in total. The molecule has 88 valence electrons. The zero-order chi connectivity index (χ0) is 12.3. The lowest BCUT2D eigenvalue weighted by Crippen LogP contribution is -2.06. The summed E-state index contributed by atoms with van der Waals surface area (Å²) in [5.41, 5.74) is -0.230. The lowest BCUT2D eigenvalue weighted by Gasteiger charge is -2.03. The number of hydrogen-bond donors (Lipinski definition) is 1. The van der Waals surface area contributed by atoms with Crippen LogP contribution in [0.4, 0.5) is 13.2 Å². The van der Waals surface area contributed by atoms with Gasteiger partial charge in [-0.15, -0.1) is 0 Å². The van der Waals surface area contributed by atoms with E-state index in [4.69, 9.17) is 0 Å². The minimum atomic E-state index is -4.41. The van der Waals surface area contributed by atoms with Crippen molar-refractivity contribution in [2.45, 2.75) is 26.9 Å². The third kappa shape index (κ3) is 2.15. The number of nitrogens with zero attached hydrogens (tertiary/aromatic N) is 2. The first-order valence-electron chi connectivity index (χ1n) is 4.87. The molecule has 2 rings (SSSR count). The summed E-state index contributed by atoms with van der Waals surface area (Å²) in [6.07, 6.45) is -2.98. The van der Waals surface area contributed by atoms with Gasteiger partial charge in [-0.05, 0) is 18.6 Å². The highest BCUT2D eigenvalue weighted by atomic mass is 19.4. The summed E-state index contributed by atoms with van der Waals surface area (Å²) in [6, 6.07) is 1.52. The molecule has 16 heavy (non-hydrogen) atoms. The molecule has 0 atom stereocenters. The number of aromatic nitrogens is 3. The van der Waals surface area contributed by atoms with Crippen LogP contribution in [-0.4, -0.2) is 15.2 Å². The van der Waals surface area contributed by atoms with Crippen LogP contribution in [0.15, 0.2) is 12.3 Å². The van der Waals surface area contributed by atoms with Crippen LogP contribution < -0.4 is 0 Å². The number of H-pyrrole nitrogens is 1. The Hall–Kier alpha value is -1.59. The summed E-state index contributed by atoms with van der Waals surface area (Å²) in [4.78, 5) is 3.73. The SMILES string of the molecule is CC.Cc1ccnc2n[nH]c(C(F)(F)F)c12. The second kappa shape index (κ2) is 4.51. The normalized spacial score (nSPS) is 11.1. The summed E-state index contributed by atoms with van der Waals surface area (Å²) in [5, 5.41) is 5.49. The van der Waals surface area contributed by atoms with Gasteiger partial charge in [0.2, 0.25) is 0 Å². The van der Waals surface area contributed by atoms with Crippen LogP contribution in [-0.2, 0) is 6.18 Å². The van der Waals surface area contributed by atoms with Gasteiger partial charge >= 0.3 is 6.18 Å². The highest BCUT2D eigenvalue weighted by Crippen LogP contribution is 2.33. The van der Waals surface area contributed by atoms with Crippen molar-refractivity contribution in [1.82, 2.24) is 15.2 Å². The van der Waals surface area contributed by atoms with Gasteiger partial charge in [0.25, 0.3) is 0 Å². The Balaban J connectivity index is 0.000000606. The average Bonchev–Trinajstić information content (AvgIpc) is 2.65. The number of rotatable bonds is 0. The predicted molar refractivity (Wildman–Crippen MR) is 55.0 cm³/mol. The average molecular weight is 231 g/mol. The third-order valence-corrected chi connectivity index (χ3v) is 1.95. The quantitative estimate of drug-likeness (QED) is 0.755. The Labute approximate surface area is 90.7 Å². The lowest BCUT2D eigenvalue weighted by atomic mass is 10.1. The molecule has 2 heterocycles. The van der Waals surface area contributed by atoms with Crippen LogP contribution in [0.1, 0.15) is 25.1 Å². The molecule has 0 bridgehead atoms. The first kappa shape index (κ1) is 12.5. The van der Waals surface area contributed by atoms with Crippen LogP contribution >= 0.6 is 0 Å². The van der Waals surface area contributed by atoms with Crippen molar-refractivity contribution in [1.29, 1.82) is 0 Å². The van der Waals surface area contributed by atoms with E-state index in [0.29, 0.717) is 5.56 Å². The Bertz CT molecular complexity index is 474. The molecule has 0 aliphatic heterocycles. The predicted octanol–water partition coefficient (Wildman–Crippen LogP) is 3.31. The maximum Gasteiger partial charge on any atom is 0.433 e. The van der Waals surface area contributed by atoms with Gasteiger partial charge in [0.15, 0.2) is 5.65 Å². The van der Waals surface area contributed by atoms with Crippen LogP contribution in [0.3, 0.4) is 0 Å². The monoisotopic (exact) mass is 231 g/mol. The van der Waals surface area contributed by atoms with E-state index in [1.807, 2.05) is 18.9 Å². The molecule has 0 radical (unpaired) electrons. The van der Waals surface area contributed by atoms with Crippen LogP contribution in [0.2, 0.25) is 0 Å². The number of pyridine rings is 1. The van der Waals surface area contributed by atoms with Crippen molar-refractivity contribution in [3.8, 4) is 0 Å². The van der Waals surface area contributed by atoms with E-state index >= 15 is 0 Å². The van der Waals surface area contributed by atoms with Crippen molar-refractivity contribution in [3.63, 3.8) is 0 Å². The van der Waals surface area contributed by atoms with Crippen LogP contribution in [0.5, 0.6) is 0 Å². The molecule has 2 aromatic rings. The summed E-state index contributed by atoms with van der Waals surface area (Å²) < 4.78 is 37.3. The van der Waals surface area contributed by atoms with E-state index in [9.17, 15) is 13.2 Å². The number of aromatic amines is 1. The zero-order valence-electron chi connectivity index (χ0n) is 9.18. The van der Waals surface area contributed by atoms with Crippen molar-refractivity contribution in [2.24, 2.45) is 0 Å². The van der Waals surface area contributed by atoms with E-state index in [1.165, 1.54) is 12.3 Å². The topological polar surface area (TPSA) is 41.6 Å². The molecule has 0 aromatic carbocycles. The highest BCUT2D eigenvalue weighted by Gasteiger charge is 2.35. The number of nitrogens with one attached hydrogen (secondary N) is 1. The number of hydrogen-bond acceptors (Lipinski definition) is 2. The van der Waals surface area contributed by atoms with E-state index in [1.54, 1.807) is 6.92 Å². The molecule has 0 unspecified atom stereocenters. The number of alkyl halides is 3. The first-order chi connectivity index (χ1) is 7.50. The molecule has 0 fully saturated rings. The zero-order valence-corrected chi connectivity index (χ0v) is 9.18. The maximum atomic E-state index is 12.4.